The maximum Gasteiger partial charge on any atom is 0.257 e. The largest absolute Gasteiger partial charge is 0.385 e. The van der Waals surface area contributed by atoms with Crippen LogP contribution >= 0.6 is 0 Å². The Hall–Kier alpha value is -2.29. The lowest BCUT2D eigenvalue weighted by Gasteiger charge is -2.12. The Bertz CT molecular complexity index is 603. The summed E-state index contributed by atoms with van der Waals surface area (Å²) < 4.78 is 0. The normalized spacial score (nSPS) is 10.5. The van der Waals surface area contributed by atoms with Crippen molar-refractivity contribution in [3.63, 3.8) is 0 Å². The Kier molecular flexibility index (Phi) is 4.99. The molecule has 0 bridgehead atoms. The van der Waals surface area contributed by atoms with Gasteiger partial charge < -0.3 is 10.6 Å². The topological polar surface area (TPSA) is 41.1 Å². The highest BCUT2D eigenvalue weighted by Gasteiger charge is 2.10. The fourth-order valence-corrected chi connectivity index (χ4v) is 2.18. The molecular weight excluding hydrogens is 260 g/mol. The third-order valence-electron chi connectivity index (χ3n) is 3.37. The quantitative estimate of drug-likeness (QED) is 0.848. The van der Waals surface area contributed by atoms with Crippen molar-refractivity contribution in [2.45, 2.75) is 26.7 Å². The molecule has 2 aromatic carbocycles. The fraction of sp³-hybridized carbons (Fsp3) is 0.278. The van der Waals surface area contributed by atoms with E-state index in [1.54, 1.807) is 0 Å². The van der Waals surface area contributed by atoms with Gasteiger partial charge in [0.25, 0.3) is 5.91 Å². The molecule has 3 heteroatoms. The highest BCUT2D eigenvalue weighted by molar-refractivity contribution is 6.08. The van der Waals surface area contributed by atoms with Crippen molar-refractivity contribution < 1.29 is 4.79 Å². The molecule has 21 heavy (non-hydrogen) atoms. The molecule has 2 aromatic rings. The summed E-state index contributed by atoms with van der Waals surface area (Å²) in [6.45, 7) is 7.10. The molecular formula is C18H22N2O. The van der Waals surface area contributed by atoms with Crippen LogP contribution < -0.4 is 10.6 Å². The van der Waals surface area contributed by atoms with Gasteiger partial charge >= 0.3 is 0 Å². The predicted molar refractivity (Wildman–Crippen MR) is 89.1 cm³/mol. The number of hydrogen-bond donors (Lipinski definition) is 2. The third kappa shape index (κ3) is 3.85. The second kappa shape index (κ2) is 6.93. The summed E-state index contributed by atoms with van der Waals surface area (Å²) in [6, 6.07) is 15.5. The minimum Gasteiger partial charge on any atom is -0.385 e. The molecule has 2 rings (SSSR count). The van der Waals surface area contributed by atoms with E-state index in [-0.39, 0.29) is 5.91 Å². The van der Waals surface area contributed by atoms with Crippen LogP contribution in [0.4, 0.5) is 11.4 Å². The van der Waals surface area contributed by atoms with Gasteiger partial charge in [0.2, 0.25) is 0 Å². The highest BCUT2D eigenvalue weighted by atomic mass is 16.1. The molecule has 0 saturated heterocycles. The number of nitrogens with one attached hydrogen (secondary N) is 2. The molecule has 0 aromatic heterocycles. The maximum absolute atomic E-state index is 12.4. The maximum atomic E-state index is 12.4. The SMILES string of the molecule is CCNc1ccccc1C(=O)Nc1ccc(C(C)C)cc1. The van der Waals surface area contributed by atoms with Crippen molar-refractivity contribution in [2.24, 2.45) is 0 Å². The summed E-state index contributed by atoms with van der Waals surface area (Å²) >= 11 is 0. The zero-order valence-corrected chi connectivity index (χ0v) is 12.8. The van der Waals surface area contributed by atoms with Crippen LogP contribution in [0.3, 0.4) is 0 Å². The van der Waals surface area contributed by atoms with Gasteiger partial charge in [-0.1, -0.05) is 38.1 Å². The molecule has 1 amide bonds. The molecule has 0 aliphatic rings. The Morgan fingerprint density at radius 3 is 2.33 bits per heavy atom. The van der Waals surface area contributed by atoms with Gasteiger partial charge in [-0.15, -0.1) is 0 Å². The Labute approximate surface area is 126 Å². The second-order valence-corrected chi connectivity index (χ2v) is 5.31. The van der Waals surface area contributed by atoms with Crippen LogP contribution in [-0.2, 0) is 0 Å². The lowest BCUT2D eigenvalue weighted by Crippen LogP contribution is -2.14. The van der Waals surface area contributed by atoms with Crippen molar-refractivity contribution in [3.8, 4) is 0 Å². The zero-order valence-electron chi connectivity index (χ0n) is 12.8. The van der Waals surface area contributed by atoms with Gasteiger partial charge in [-0.2, -0.15) is 0 Å². The minimum absolute atomic E-state index is 0.0937. The van der Waals surface area contributed by atoms with Crippen LogP contribution in [0.1, 0.15) is 42.6 Å². The molecule has 0 aliphatic carbocycles. The highest BCUT2D eigenvalue weighted by Crippen LogP contribution is 2.20. The van der Waals surface area contributed by atoms with E-state index in [4.69, 9.17) is 0 Å². The molecule has 0 heterocycles. The van der Waals surface area contributed by atoms with E-state index in [1.165, 1.54) is 5.56 Å². The van der Waals surface area contributed by atoms with Crippen molar-refractivity contribution in [1.29, 1.82) is 0 Å². The van der Waals surface area contributed by atoms with Crippen molar-refractivity contribution in [1.82, 2.24) is 0 Å². The van der Waals surface area contributed by atoms with E-state index >= 15 is 0 Å². The second-order valence-electron chi connectivity index (χ2n) is 5.31. The Morgan fingerprint density at radius 2 is 1.71 bits per heavy atom. The number of rotatable bonds is 5. The number of benzene rings is 2. The van der Waals surface area contributed by atoms with E-state index in [9.17, 15) is 4.79 Å². The first kappa shape index (κ1) is 15.1. The molecule has 3 nitrogen and oxygen atoms in total. The lowest BCUT2D eigenvalue weighted by atomic mass is 10.0. The van der Waals surface area contributed by atoms with Gasteiger partial charge in [-0.25, -0.2) is 0 Å². The molecule has 0 spiro atoms. The minimum atomic E-state index is -0.0937. The Morgan fingerprint density at radius 1 is 1.05 bits per heavy atom. The molecule has 0 saturated carbocycles. The molecule has 0 atom stereocenters. The summed E-state index contributed by atoms with van der Waals surface area (Å²) in [4.78, 5) is 12.4. The number of hydrogen-bond acceptors (Lipinski definition) is 2. The molecule has 0 unspecified atom stereocenters. The van der Waals surface area contributed by atoms with Crippen molar-refractivity contribution >= 4 is 17.3 Å². The first-order valence-electron chi connectivity index (χ1n) is 7.36. The van der Waals surface area contributed by atoms with Gasteiger partial charge in [0.05, 0.1) is 5.56 Å². The number of anilines is 2. The molecule has 0 aliphatic heterocycles. The van der Waals surface area contributed by atoms with E-state index < -0.39 is 0 Å². The van der Waals surface area contributed by atoms with E-state index in [1.807, 2.05) is 43.3 Å². The number of carbonyl (C=O) groups excluding carboxylic acids is 1. The zero-order chi connectivity index (χ0) is 15.2. The molecule has 110 valence electrons. The van der Waals surface area contributed by atoms with Crippen LogP contribution in [0.5, 0.6) is 0 Å². The standard InChI is InChI=1S/C18H22N2O/c1-4-19-17-8-6-5-7-16(17)18(21)20-15-11-9-14(10-12-15)13(2)3/h5-13,19H,4H2,1-3H3,(H,20,21). The van der Waals surface area contributed by atoms with E-state index in [0.717, 1.165) is 17.9 Å². The van der Waals surface area contributed by atoms with Gasteiger partial charge in [-0.05, 0) is 42.7 Å². The summed E-state index contributed by atoms with van der Waals surface area (Å²) in [7, 11) is 0. The van der Waals surface area contributed by atoms with Crippen LogP contribution in [0.15, 0.2) is 48.5 Å². The molecule has 0 fully saturated rings. The average molecular weight is 282 g/mol. The van der Waals surface area contributed by atoms with Crippen LogP contribution in [-0.4, -0.2) is 12.5 Å². The summed E-state index contributed by atoms with van der Waals surface area (Å²) in [5.41, 5.74) is 3.60. The van der Waals surface area contributed by atoms with Crippen molar-refractivity contribution in [3.05, 3.63) is 59.7 Å². The van der Waals surface area contributed by atoms with Gasteiger partial charge in [-0.3, -0.25) is 4.79 Å². The van der Waals surface area contributed by atoms with Crippen LogP contribution in [0, 0.1) is 0 Å². The lowest BCUT2D eigenvalue weighted by molar-refractivity contribution is 0.102. The van der Waals surface area contributed by atoms with Gasteiger partial charge in [0.15, 0.2) is 0 Å². The molecule has 2 N–H and O–H groups in total. The fourth-order valence-electron chi connectivity index (χ4n) is 2.18. The first-order chi connectivity index (χ1) is 10.1. The first-order valence-corrected chi connectivity index (χ1v) is 7.36. The molecule has 0 radical (unpaired) electrons. The number of amides is 1. The van der Waals surface area contributed by atoms with Crippen LogP contribution in [0.25, 0.3) is 0 Å². The van der Waals surface area contributed by atoms with E-state index in [2.05, 4.69) is 36.6 Å². The van der Waals surface area contributed by atoms with E-state index in [0.29, 0.717) is 11.5 Å². The van der Waals surface area contributed by atoms with Crippen molar-refractivity contribution in [2.75, 3.05) is 17.2 Å². The average Bonchev–Trinajstić information content (AvgIpc) is 2.48. The number of carbonyl (C=O) groups is 1. The monoisotopic (exact) mass is 282 g/mol. The summed E-state index contributed by atoms with van der Waals surface area (Å²) in [5, 5.41) is 6.15. The third-order valence-corrected chi connectivity index (χ3v) is 3.37. The summed E-state index contributed by atoms with van der Waals surface area (Å²) in [5.74, 6) is 0.396. The predicted octanol–water partition coefficient (Wildman–Crippen LogP) is 4.49. The smallest absolute Gasteiger partial charge is 0.257 e. The Balaban J connectivity index is 2.14. The number of para-hydroxylation sites is 1. The summed E-state index contributed by atoms with van der Waals surface area (Å²) in [6.07, 6.45) is 0. The van der Waals surface area contributed by atoms with Crippen LogP contribution in [0.2, 0.25) is 0 Å². The van der Waals surface area contributed by atoms with Gasteiger partial charge in [0.1, 0.15) is 0 Å². The van der Waals surface area contributed by atoms with Gasteiger partial charge in [0, 0.05) is 17.9 Å².